The summed E-state index contributed by atoms with van der Waals surface area (Å²) in [5.74, 6) is -0.297. The van der Waals surface area contributed by atoms with E-state index in [1.807, 2.05) is 0 Å². The molecule has 25 heavy (non-hydrogen) atoms. The number of aliphatic hydroxyl groups excluding tert-OH is 1. The van der Waals surface area contributed by atoms with Crippen LogP contribution in [0.3, 0.4) is 0 Å². The number of phenolic OH excluding ortho intramolecular Hbond substituents is 1. The average molecular weight is 347 g/mol. The molecule has 0 radical (unpaired) electrons. The lowest BCUT2D eigenvalue weighted by molar-refractivity contribution is -0.384. The van der Waals surface area contributed by atoms with Gasteiger partial charge in [-0.3, -0.25) is 14.9 Å². The van der Waals surface area contributed by atoms with E-state index in [0.29, 0.717) is 0 Å². The number of ether oxygens (including phenoxy) is 2. The van der Waals surface area contributed by atoms with Gasteiger partial charge in [0, 0.05) is 6.07 Å². The number of nitrogens with zero attached hydrogens (tertiary/aromatic N) is 1. The highest BCUT2D eigenvalue weighted by atomic mass is 16.6. The van der Waals surface area contributed by atoms with Crippen molar-refractivity contribution in [3.8, 4) is 11.5 Å². The number of Topliss-reactive ketones (excluding diaryl/α,β-unsaturated/α-hetero) is 1. The zero-order chi connectivity index (χ0) is 18.2. The number of ketones is 1. The molecule has 0 aliphatic carbocycles. The molecule has 0 aliphatic heterocycles. The van der Waals surface area contributed by atoms with Crippen molar-refractivity contribution in [2.75, 3.05) is 19.8 Å². The smallest absolute Gasteiger partial charge is 0.273 e. The van der Waals surface area contributed by atoms with E-state index in [4.69, 9.17) is 9.47 Å². The zero-order valence-corrected chi connectivity index (χ0v) is 13.2. The van der Waals surface area contributed by atoms with E-state index in [1.165, 1.54) is 36.4 Å². The Morgan fingerprint density at radius 1 is 1.16 bits per heavy atom. The zero-order valence-electron chi connectivity index (χ0n) is 13.2. The molecular weight excluding hydrogens is 330 g/mol. The first-order valence-electron chi connectivity index (χ1n) is 7.41. The van der Waals surface area contributed by atoms with Gasteiger partial charge in [0.1, 0.15) is 30.8 Å². The summed E-state index contributed by atoms with van der Waals surface area (Å²) >= 11 is 0. The van der Waals surface area contributed by atoms with Crippen molar-refractivity contribution in [3.63, 3.8) is 0 Å². The number of para-hydroxylation sites is 1. The van der Waals surface area contributed by atoms with Crippen LogP contribution in [0.2, 0.25) is 0 Å². The van der Waals surface area contributed by atoms with Crippen LogP contribution in [0, 0.1) is 10.1 Å². The Balaban J connectivity index is 1.75. The number of hydrogen-bond acceptors (Lipinski definition) is 7. The molecule has 2 rings (SSSR count). The van der Waals surface area contributed by atoms with Crippen molar-refractivity contribution in [3.05, 3.63) is 64.2 Å². The number of carbonyl (C=O) groups excluding carboxylic acids is 1. The van der Waals surface area contributed by atoms with Crippen LogP contribution in [0.4, 0.5) is 5.69 Å². The van der Waals surface area contributed by atoms with E-state index in [-0.39, 0.29) is 42.6 Å². The molecule has 2 aromatic carbocycles. The van der Waals surface area contributed by atoms with Crippen LogP contribution < -0.4 is 4.74 Å². The van der Waals surface area contributed by atoms with Crippen molar-refractivity contribution in [2.45, 2.75) is 6.10 Å². The predicted molar refractivity (Wildman–Crippen MR) is 87.9 cm³/mol. The molecule has 1 atom stereocenters. The fourth-order valence-electron chi connectivity index (χ4n) is 2.00. The van der Waals surface area contributed by atoms with Crippen LogP contribution in [-0.2, 0) is 4.74 Å². The Hall–Kier alpha value is -2.97. The largest absolute Gasteiger partial charge is 0.507 e. The molecule has 8 nitrogen and oxygen atoms in total. The van der Waals surface area contributed by atoms with Crippen molar-refractivity contribution in [1.29, 1.82) is 0 Å². The number of aliphatic hydroxyl groups is 1. The second-order valence-electron chi connectivity index (χ2n) is 5.17. The molecule has 0 saturated heterocycles. The first-order chi connectivity index (χ1) is 12.0. The maximum atomic E-state index is 11.9. The van der Waals surface area contributed by atoms with Gasteiger partial charge in [0.15, 0.2) is 5.78 Å². The van der Waals surface area contributed by atoms with Gasteiger partial charge in [-0.25, -0.2) is 0 Å². The minimum absolute atomic E-state index is 0.114. The Kier molecular flexibility index (Phi) is 6.44. The Labute approximate surface area is 143 Å². The highest BCUT2D eigenvalue weighted by Gasteiger charge is 2.13. The lowest BCUT2D eigenvalue weighted by atomic mass is 10.1. The van der Waals surface area contributed by atoms with Crippen LogP contribution in [0.25, 0.3) is 0 Å². The molecule has 8 heteroatoms. The van der Waals surface area contributed by atoms with Gasteiger partial charge in [0.2, 0.25) is 0 Å². The molecule has 2 aromatic rings. The maximum absolute atomic E-state index is 11.9. The van der Waals surface area contributed by atoms with Crippen molar-refractivity contribution >= 4 is 11.5 Å². The summed E-state index contributed by atoms with van der Waals surface area (Å²) in [6.45, 7) is -0.606. The van der Waals surface area contributed by atoms with Gasteiger partial charge in [-0.2, -0.15) is 0 Å². The lowest BCUT2D eigenvalue weighted by Gasteiger charge is -2.12. The third kappa shape index (κ3) is 5.55. The monoisotopic (exact) mass is 347 g/mol. The van der Waals surface area contributed by atoms with Gasteiger partial charge in [-0.1, -0.05) is 18.2 Å². The summed E-state index contributed by atoms with van der Waals surface area (Å²) in [5.41, 5.74) is 0.0290. The van der Waals surface area contributed by atoms with E-state index in [2.05, 4.69) is 0 Å². The molecule has 0 heterocycles. The highest BCUT2D eigenvalue weighted by molar-refractivity contribution is 5.99. The van der Waals surface area contributed by atoms with E-state index < -0.39 is 16.8 Å². The molecular formula is C17H17NO7. The van der Waals surface area contributed by atoms with E-state index in [0.717, 1.165) is 0 Å². The average Bonchev–Trinajstić information content (AvgIpc) is 2.60. The molecule has 132 valence electrons. The van der Waals surface area contributed by atoms with Gasteiger partial charge >= 0.3 is 0 Å². The van der Waals surface area contributed by atoms with Crippen LogP contribution >= 0.6 is 0 Å². The Morgan fingerprint density at radius 3 is 2.64 bits per heavy atom. The topological polar surface area (TPSA) is 119 Å². The van der Waals surface area contributed by atoms with Crippen molar-refractivity contribution in [2.24, 2.45) is 0 Å². The fourth-order valence-corrected chi connectivity index (χ4v) is 2.00. The number of hydrogen-bond donors (Lipinski definition) is 2. The van der Waals surface area contributed by atoms with Gasteiger partial charge in [0.25, 0.3) is 5.69 Å². The summed E-state index contributed by atoms with van der Waals surface area (Å²) in [6, 6.07) is 11.7. The van der Waals surface area contributed by atoms with E-state index in [9.17, 15) is 25.1 Å². The van der Waals surface area contributed by atoms with Gasteiger partial charge in [-0.05, 0) is 18.2 Å². The van der Waals surface area contributed by atoms with Crippen molar-refractivity contribution in [1.82, 2.24) is 0 Å². The van der Waals surface area contributed by atoms with Gasteiger partial charge < -0.3 is 19.7 Å². The molecule has 0 aromatic heterocycles. The summed E-state index contributed by atoms with van der Waals surface area (Å²) in [7, 11) is 0. The van der Waals surface area contributed by atoms with Gasteiger partial charge in [0.05, 0.1) is 23.2 Å². The number of carbonyl (C=O) groups is 1. The van der Waals surface area contributed by atoms with Crippen molar-refractivity contribution < 1.29 is 29.4 Å². The minimum Gasteiger partial charge on any atom is -0.507 e. The molecule has 0 fully saturated rings. The third-order valence-electron chi connectivity index (χ3n) is 3.22. The van der Waals surface area contributed by atoms with E-state index in [1.54, 1.807) is 12.1 Å². The number of non-ortho nitro benzene ring substituents is 1. The number of nitro benzene ring substituents is 1. The minimum atomic E-state index is -1.02. The van der Waals surface area contributed by atoms with Crippen LogP contribution in [0.5, 0.6) is 11.5 Å². The normalized spacial score (nSPS) is 11.7. The molecule has 2 N–H and O–H groups in total. The molecule has 0 saturated carbocycles. The molecule has 1 unspecified atom stereocenters. The Morgan fingerprint density at radius 2 is 1.92 bits per heavy atom. The molecule has 0 bridgehead atoms. The summed E-state index contributed by atoms with van der Waals surface area (Å²) in [4.78, 5) is 22.0. The Bertz CT molecular complexity index is 747. The van der Waals surface area contributed by atoms with Crippen LogP contribution in [0.1, 0.15) is 10.4 Å². The molecule has 0 spiro atoms. The lowest BCUT2D eigenvalue weighted by Crippen LogP contribution is -2.25. The first-order valence-corrected chi connectivity index (χ1v) is 7.41. The second-order valence-corrected chi connectivity index (χ2v) is 5.17. The molecule has 0 amide bonds. The first kappa shape index (κ1) is 18.4. The standard InChI is InChI=1S/C17H17NO7/c19-13(10-25-14-5-3-4-12(8-14)18(22)23)9-24-11-17(21)15-6-1-2-7-16(15)20/h1-8,13,19-20H,9-11H2. The molecule has 0 aliphatic rings. The fraction of sp³-hybridized carbons (Fsp3) is 0.235. The number of aromatic hydroxyl groups is 1. The highest BCUT2D eigenvalue weighted by Crippen LogP contribution is 2.19. The number of phenols is 1. The maximum Gasteiger partial charge on any atom is 0.273 e. The summed E-state index contributed by atoms with van der Waals surface area (Å²) in [6.07, 6.45) is -1.02. The van der Waals surface area contributed by atoms with Gasteiger partial charge in [-0.15, -0.1) is 0 Å². The van der Waals surface area contributed by atoms with E-state index >= 15 is 0 Å². The predicted octanol–water partition coefficient (Wildman–Crippen LogP) is 1.94. The van der Waals surface area contributed by atoms with Crippen LogP contribution in [-0.4, -0.2) is 46.8 Å². The summed E-state index contributed by atoms with van der Waals surface area (Å²) < 4.78 is 10.4. The number of nitro groups is 1. The SMILES string of the molecule is O=C(COCC(O)COc1cccc([N+](=O)[O-])c1)c1ccccc1O. The third-order valence-corrected chi connectivity index (χ3v) is 3.22. The second kappa shape index (κ2) is 8.76. The quantitative estimate of drug-likeness (QED) is 0.404. The number of rotatable bonds is 9. The summed E-state index contributed by atoms with van der Waals surface area (Å²) in [5, 5.41) is 30.0. The van der Waals surface area contributed by atoms with Crippen LogP contribution in [0.15, 0.2) is 48.5 Å². The number of benzene rings is 2.